The predicted octanol–water partition coefficient (Wildman–Crippen LogP) is 4.52. The summed E-state index contributed by atoms with van der Waals surface area (Å²) in [6.45, 7) is 2.04. The molecule has 2 aromatic carbocycles. The molecule has 178 valence electrons. The molecular weight excluding hydrogens is 446 g/mol. The number of benzene rings is 2. The van der Waals surface area contributed by atoms with Gasteiger partial charge in [0.2, 0.25) is 0 Å². The summed E-state index contributed by atoms with van der Waals surface area (Å²) in [4.78, 5) is 42.9. The summed E-state index contributed by atoms with van der Waals surface area (Å²) in [5.41, 5.74) is 3.30. The summed E-state index contributed by atoms with van der Waals surface area (Å²) >= 11 is 0. The van der Waals surface area contributed by atoms with Crippen LogP contribution in [0, 0.1) is 0 Å². The Bertz CT molecular complexity index is 1280. The number of fused-ring (bicyclic) bond motifs is 3. The van der Waals surface area contributed by atoms with Crippen molar-refractivity contribution in [3.8, 4) is 11.1 Å². The Labute approximate surface area is 202 Å². The van der Waals surface area contributed by atoms with Crippen LogP contribution in [-0.2, 0) is 9.53 Å². The molecule has 2 N–H and O–H groups in total. The molecule has 2 amide bonds. The lowest BCUT2D eigenvalue weighted by atomic mass is 9.98. The van der Waals surface area contributed by atoms with Gasteiger partial charge in [0.1, 0.15) is 23.7 Å². The molecule has 1 aliphatic carbocycles. The van der Waals surface area contributed by atoms with E-state index in [9.17, 15) is 19.5 Å². The van der Waals surface area contributed by atoms with Gasteiger partial charge in [-0.3, -0.25) is 10.1 Å². The van der Waals surface area contributed by atoms with Crippen LogP contribution in [0.1, 0.15) is 47.3 Å². The third kappa shape index (κ3) is 4.01. The summed E-state index contributed by atoms with van der Waals surface area (Å²) in [6.07, 6.45) is 0.304. The topological polar surface area (TPSA) is 109 Å². The van der Waals surface area contributed by atoms with Crippen LogP contribution in [0.3, 0.4) is 0 Å². The van der Waals surface area contributed by atoms with Gasteiger partial charge < -0.3 is 14.7 Å². The minimum atomic E-state index is -1.27. The van der Waals surface area contributed by atoms with Crippen LogP contribution in [0.15, 0.2) is 66.7 Å². The number of hydrogen-bond acceptors (Lipinski definition) is 5. The Morgan fingerprint density at radius 1 is 1.03 bits per heavy atom. The minimum absolute atomic E-state index is 0.0656. The maximum absolute atomic E-state index is 13.0. The summed E-state index contributed by atoms with van der Waals surface area (Å²) in [6, 6.07) is 20.8. The van der Waals surface area contributed by atoms with E-state index in [1.807, 2.05) is 36.4 Å². The zero-order chi connectivity index (χ0) is 24.6. The number of ether oxygens (including phenoxy) is 1. The second-order valence-corrected chi connectivity index (χ2v) is 9.00. The number of anilines is 1. The van der Waals surface area contributed by atoms with Gasteiger partial charge >= 0.3 is 12.1 Å². The van der Waals surface area contributed by atoms with E-state index in [1.165, 1.54) is 11.0 Å². The smallest absolute Gasteiger partial charge is 0.412 e. The first-order valence-electron chi connectivity index (χ1n) is 11.5. The molecule has 1 aromatic heterocycles. The Kier molecular flexibility index (Phi) is 5.72. The molecule has 8 nitrogen and oxygen atoms in total. The second kappa shape index (κ2) is 8.87. The number of amides is 2. The summed E-state index contributed by atoms with van der Waals surface area (Å²) in [5, 5.41) is 12.2. The molecule has 3 aromatic rings. The SMILES string of the molecule is CC1(C(=O)O)CCCN1C(=O)c1cccc(NC(=O)OCC2c3ccccc3-c3ccccc32)n1. The van der Waals surface area contributed by atoms with E-state index in [0.29, 0.717) is 19.4 Å². The number of pyridine rings is 1. The number of aliphatic carboxylic acids is 1. The monoisotopic (exact) mass is 471 g/mol. The van der Waals surface area contributed by atoms with Crippen molar-refractivity contribution in [3.05, 3.63) is 83.6 Å². The van der Waals surface area contributed by atoms with E-state index in [4.69, 9.17) is 4.74 Å². The van der Waals surface area contributed by atoms with E-state index in [0.717, 1.165) is 22.3 Å². The molecule has 8 heteroatoms. The number of nitrogens with one attached hydrogen (secondary N) is 1. The van der Waals surface area contributed by atoms with Crippen LogP contribution < -0.4 is 5.32 Å². The van der Waals surface area contributed by atoms with E-state index >= 15 is 0 Å². The summed E-state index contributed by atoms with van der Waals surface area (Å²) in [5.74, 6) is -1.44. The molecule has 1 saturated heterocycles. The molecule has 0 spiro atoms. The van der Waals surface area contributed by atoms with Crippen molar-refractivity contribution in [2.75, 3.05) is 18.5 Å². The number of carbonyl (C=O) groups excluding carboxylic acids is 2. The number of carboxylic acids is 1. The van der Waals surface area contributed by atoms with Crippen LogP contribution in [0.5, 0.6) is 0 Å². The molecule has 2 aliphatic rings. The van der Waals surface area contributed by atoms with Gasteiger partial charge in [0.15, 0.2) is 0 Å². The Balaban J connectivity index is 1.27. The van der Waals surface area contributed by atoms with Gasteiger partial charge in [-0.25, -0.2) is 14.6 Å². The van der Waals surface area contributed by atoms with Crippen molar-refractivity contribution < 1.29 is 24.2 Å². The van der Waals surface area contributed by atoms with Gasteiger partial charge in [-0.2, -0.15) is 0 Å². The van der Waals surface area contributed by atoms with E-state index in [1.54, 1.807) is 19.1 Å². The Hall–Kier alpha value is -4.20. The van der Waals surface area contributed by atoms with Crippen LogP contribution in [0.2, 0.25) is 0 Å². The maximum Gasteiger partial charge on any atom is 0.412 e. The number of aromatic nitrogens is 1. The molecule has 0 bridgehead atoms. The lowest BCUT2D eigenvalue weighted by molar-refractivity contribution is -0.147. The molecular formula is C27H25N3O5. The predicted molar refractivity (Wildman–Crippen MR) is 129 cm³/mol. The molecule has 2 heterocycles. The molecule has 0 saturated carbocycles. The Morgan fingerprint density at radius 2 is 1.69 bits per heavy atom. The normalized spacial score (nSPS) is 18.6. The lowest BCUT2D eigenvalue weighted by Crippen LogP contribution is -2.51. The average Bonchev–Trinajstić information content (AvgIpc) is 3.41. The van der Waals surface area contributed by atoms with Crippen molar-refractivity contribution in [1.29, 1.82) is 0 Å². The highest BCUT2D eigenvalue weighted by Crippen LogP contribution is 2.44. The van der Waals surface area contributed by atoms with Gasteiger partial charge in [0.25, 0.3) is 5.91 Å². The van der Waals surface area contributed by atoms with E-state index in [-0.39, 0.29) is 24.0 Å². The number of nitrogens with zero attached hydrogens (tertiary/aromatic N) is 2. The van der Waals surface area contributed by atoms with Crippen molar-refractivity contribution in [2.45, 2.75) is 31.2 Å². The molecule has 1 atom stereocenters. The van der Waals surface area contributed by atoms with Gasteiger partial charge in [0.05, 0.1) is 0 Å². The van der Waals surface area contributed by atoms with Crippen LogP contribution in [0.4, 0.5) is 10.6 Å². The van der Waals surface area contributed by atoms with Gasteiger partial charge in [0, 0.05) is 12.5 Å². The fraction of sp³-hybridized carbons (Fsp3) is 0.259. The fourth-order valence-corrected chi connectivity index (χ4v) is 5.01. The van der Waals surface area contributed by atoms with Crippen molar-refractivity contribution >= 4 is 23.8 Å². The van der Waals surface area contributed by atoms with Crippen molar-refractivity contribution in [2.24, 2.45) is 0 Å². The number of hydrogen-bond donors (Lipinski definition) is 2. The first-order valence-corrected chi connectivity index (χ1v) is 11.5. The first-order chi connectivity index (χ1) is 16.9. The molecule has 1 fully saturated rings. The van der Waals surface area contributed by atoms with Crippen LogP contribution in [-0.4, -0.2) is 51.7 Å². The number of likely N-dealkylation sites (tertiary alicyclic amines) is 1. The summed E-state index contributed by atoms with van der Waals surface area (Å²) < 4.78 is 5.55. The largest absolute Gasteiger partial charge is 0.480 e. The lowest BCUT2D eigenvalue weighted by Gasteiger charge is -2.30. The van der Waals surface area contributed by atoms with E-state index in [2.05, 4.69) is 22.4 Å². The third-order valence-electron chi connectivity index (χ3n) is 6.89. The van der Waals surface area contributed by atoms with Crippen molar-refractivity contribution in [1.82, 2.24) is 9.88 Å². The average molecular weight is 472 g/mol. The number of rotatable bonds is 5. The molecule has 5 rings (SSSR count). The van der Waals surface area contributed by atoms with Crippen LogP contribution in [0.25, 0.3) is 11.1 Å². The standard InChI is InChI=1S/C27H25N3O5/c1-27(25(32)33)14-7-15-30(27)24(31)22-12-6-13-23(28-22)29-26(34)35-16-21-19-10-4-2-8-17(19)18-9-3-5-11-20(18)21/h2-6,8-13,21H,7,14-16H2,1H3,(H,32,33)(H,28,29,34). The minimum Gasteiger partial charge on any atom is -0.480 e. The third-order valence-corrected chi connectivity index (χ3v) is 6.89. The highest BCUT2D eigenvalue weighted by atomic mass is 16.5. The summed E-state index contributed by atoms with van der Waals surface area (Å²) in [7, 11) is 0. The first kappa shape index (κ1) is 22.6. The zero-order valence-corrected chi connectivity index (χ0v) is 19.2. The van der Waals surface area contributed by atoms with Crippen molar-refractivity contribution in [3.63, 3.8) is 0 Å². The number of carboxylic acid groups (broad SMARTS) is 1. The highest BCUT2D eigenvalue weighted by molar-refractivity contribution is 5.97. The van der Waals surface area contributed by atoms with Gasteiger partial charge in [-0.1, -0.05) is 54.6 Å². The zero-order valence-electron chi connectivity index (χ0n) is 19.2. The highest BCUT2D eigenvalue weighted by Gasteiger charge is 2.46. The quantitative estimate of drug-likeness (QED) is 0.566. The van der Waals surface area contributed by atoms with Gasteiger partial charge in [-0.05, 0) is 54.2 Å². The maximum atomic E-state index is 13.0. The fourth-order valence-electron chi connectivity index (χ4n) is 5.01. The number of carbonyl (C=O) groups is 3. The Morgan fingerprint density at radius 3 is 2.34 bits per heavy atom. The molecule has 35 heavy (non-hydrogen) atoms. The molecule has 1 unspecified atom stereocenters. The van der Waals surface area contributed by atoms with Gasteiger partial charge in [-0.15, -0.1) is 0 Å². The molecule has 1 aliphatic heterocycles. The molecule has 0 radical (unpaired) electrons. The van der Waals surface area contributed by atoms with E-state index < -0.39 is 23.5 Å². The second-order valence-electron chi connectivity index (χ2n) is 9.00. The van der Waals surface area contributed by atoms with Crippen LogP contribution >= 0.6 is 0 Å².